The molecule has 1 aliphatic heterocycles. The summed E-state index contributed by atoms with van der Waals surface area (Å²) in [5.74, 6) is 2.76. The van der Waals surface area contributed by atoms with Gasteiger partial charge < -0.3 is 14.6 Å². The molecule has 1 aliphatic carbocycles. The average Bonchev–Trinajstić information content (AvgIpc) is 3.04. The molecule has 6 heteroatoms. The van der Waals surface area contributed by atoms with Gasteiger partial charge in [0.15, 0.2) is 0 Å². The van der Waals surface area contributed by atoms with Gasteiger partial charge in [-0.2, -0.15) is 4.98 Å². The lowest BCUT2D eigenvalue weighted by Crippen LogP contribution is -2.10. The van der Waals surface area contributed by atoms with Crippen molar-refractivity contribution in [2.24, 2.45) is 5.41 Å². The highest BCUT2D eigenvalue weighted by atomic mass is 35.5. The first-order valence-corrected chi connectivity index (χ1v) is 9.14. The van der Waals surface area contributed by atoms with Crippen LogP contribution < -0.4 is 10.1 Å². The summed E-state index contributed by atoms with van der Waals surface area (Å²) in [4.78, 5) is 4.65. The third-order valence-electron chi connectivity index (χ3n) is 5.57. The van der Waals surface area contributed by atoms with Crippen molar-refractivity contribution in [3.8, 4) is 17.1 Å². The van der Waals surface area contributed by atoms with Crippen LogP contribution >= 0.6 is 12.4 Å². The molecule has 5 nitrogen and oxygen atoms in total. The predicted octanol–water partition coefficient (Wildman–Crippen LogP) is 4.20. The fraction of sp³-hybridized carbons (Fsp3) is 0.333. The number of para-hydroxylation sites is 1. The van der Waals surface area contributed by atoms with Crippen LogP contribution in [0.2, 0.25) is 0 Å². The highest BCUT2D eigenvalue weighted by Gasteiger charge is 2.58. The van der Waals surface area contributed by atoms with Gasteiger partial charge in [-0.05, 0) is 42.5 Å². The molecule has 0 radical (unpaired) electrons. The second-order valence-corrected chi connectivity index (χ2v) is 7.30. The Morgan fingerprint density at radius 3 is 2.67 bits per heavy atom. The number of nitrogens with zero attached hydrogens (tertiary/aromatic N) is 2. The van der Waals surface area contributed by atoms with Crippen molar-refractivity contribution in [1.29, 1.82) is 0 Å². The van der Waals surface area contributed by atoms with Crippen LogP contribution in [0.15, 0.2) is 59.1 Å². The van der Waals surface area contributed by atoms with Gasteiger partial charge in [0.2, 0.25) is 11.7 Å². The van der Waals surface area contributed by atoms with Crippen LogP contribution in [0.1, 0.15) is 30.2 Å². The Labute approximate surface area is 164 Å². The predicted molar refractivity (Wildman–Crippen MR) is 105 cm³/mol. The summed E-state index contributed by atoms with van der Waals surface area (Å²) in [6, 6.07) is 18.0. The maximum Gasteiger partial charge on any atom is 0.230 e. The minimum atomic E-state index is 0. The number of aromatic nitrogens is 2. The fourth-order valence-corrected chi connectivity index (χ4v) is 3.86. The maximum absolute atomic E-state index is 5.78. The largest absolute Gasteiger partial charge is 0.489 e. The van der Waals surface area contributed by atoms with E-state index < -0.39 is 0 Å². The molecule has 27 heavy (non-hydrogen) atoms. The number of hydrogen-bond donors (Lipinski definition) is 1. The van der Waals surface area contributed by atoms with Gasteiger partial charge in [0.25, 0.3) is 0 Å². The summed E-state index contributed by atoms with van der Waals surface area (Å²) in [5, 5.41) is 7.63. The molecule has 2 atom stereocenters. The van der Waals surface area contributed by atoms with E-state index in [-0.39, 0.29) is 12.4 Å². The zero-order valence-electron chi connectivity index (χ0n) is 14.9. The summed E-state index contributed by atoms with van der Waals surface area (Å²) >= 11 is 0. The molecule has 2 aromatic carbocycles. The minimum absolute atomic E-state index is 0. The monoisotopic (exact) mass is 383 g/mol. The second-order valence-electron chi connectivity index (χ2n) is 7.30. The molecular formula is C21H22ClN3O2. The number of rotatable bonds is 5. The van der Waals surface area contributed by atoms with E-state index in [1.54, 1.807) is 0 Å². The number of benzene rings is 2. The van der Waals surface area contributed by atoms with Gasteiger partial charge in [-0.25, -0.2) is 0 Å². The number of ether oxygens (including phenoxy) is 1. The molecule has 1 aromatic heterocycles. The Balaban J connectivity index is 0.00000180. The molecule has 0 bridgehead atoms. The third kappa shape index (κ3) is 3.57. The lowest BCUT2D eigenvalue weighted by molar-refractivity contribution is 0.306. The van der Waals surface area contributed by atoms with Crippen LogP contribution in [0.25, 0.3) is 11.4 Å². The standard InChI is InChI=1S/C21H21N3O2.ClH/c1-2-4-17(5-3-1)25-13-15-6-8-16(9-7-15)19-23-20(26-24-19)18-12-21(18)10-11-22-14-21;/h1-9,18,22H,10-14H2;1H. The normalized spacial score (nSPS) is 23.2. The van der Waals surface area contributed by atoms with Crippen molar-refractivity contribution in [3.05, 3.63) is 66.1 Å². The molecule has 0 amide bonds. The highest BCUT2D eigenvalue weighted by molar-refractivity contribution is 5.85. The summed E-state index contributed by atoms with van der Waals surface area (Å²) in [5.41, 5.74) is 2.46. The van der Waals surface area contributed by atoms with Crippen molar-refractivity contribution >= 4 is 12.4 Å². The quantitative estimate of drug-likeness (QED) is 0.715. The summed E-state index contributed by atoms with van der Waals surface area (Å²) in [7, 11) is 0. The number of nitrogens with one attached hydrogen (secondary N) is 1. The molecular weight excluding hydrogens is 362 g/mol. The maximum atomic E-state index is 5.78. The molecule has 1 spiro atoms. The van der Waals surface area contributed by atoms with Gasteiger partial charge in [0.1, 0.15) is 12.4 Å². The Morgan fingerprint density at radius 1 is 1.11 bits per heavy atom. The fourth-order valence-electron chi connectivity index (χ4n) is 3.86. The van der Waals surface area contributed by atoms with Gasteiger partial charge in [-0.3, -0.25) is 0 Å². The summed E-state index contributed by atoms with van der Waals surface area (Å²) in [6.07, 6.45) is 2.38. The van der Waals surface area contributed by atoms with Crippen molar-refractivity contribution in [1.82, 2.24) is 15.5 Å². The Morgan fingerprint density at radius 2 is 1.93 bits per heavy atom. The number of hydrogen-bond acceptors (Lipinski definition) is 5. The molecule has 3 aromatic rings. The Kier molecular flexibility index (Phi) is 4.89. The van der Waals surface area contributed by atoms with Gasteiger partial charge in [-0.15, -0.1) is 12.4 Å². The molecule has 140 valence electrons. The Bertz CT molecular complexity index is 889. The van der Waals surface area contributed by atoms with E-state index in [1.165, 1.54) is 6.42 Å². The van der Waals surface area contributed by atoms with E-state index in [1.807, 2.05) is 54.6 Å². The molecule has 5 rings (SSSR count). The first-order chi connectivity index (χ1) is 12.8. The van der Waals surface area contributed by atoms with E-state index >= 15 is 0 Å². The van der Waals surface area contributed by atoms with Crippen LogP contribution in [-0.4, -0.2) is 23.2 Å². The van der Waals surface area contributed by atoms with Crippen molar-refractivity contribution < 1.29 is 9.26 Å². The highest BCUT2D eigenvalue weighted by Crippen LogP contribution is 2.62. The van der Waals surface area contributed by atoms with Crippen molar-refractivity contribution in [2.75, 3.05) is 13.1 Å². The molecule has 2 unspecified atom stereocenters. The van der Waals surface area contributed by atoms with E-state index in [2.05, 4.69) is 15.5 Å². The molecule has 2 fully saturated rings. The smallest absolute Gasteiger partial charge is 0.230 e. The number of halogens is 1. The van der Waals surface area contributed by atoms with Crippen LogP contribution in [0.4, 0.5) is 0 Å². The SMILES string of the molecule is Cl.c1ccc(OCc2ccc(-c3noc(C4CC45CCNC5)n3)cc2)cc1. The zero-order valence-corrected chi connectivity index (χ0v) is 15.7. The van der Waals surface area contributed by atoms with Crippen molar-refractivity contribution in [2.45, 2.75) is 25.4 Å². The van der Waals surface area contributed by atoms with Gasteiger partial charge in [0, 0.05) is 18.0 Å². The first kappa shape index (κ1) is 18.0. The minimum Gasteiger partial charge on any atom is -0.489 e. The van der Waals surface area contributed by atoms with Crippen molar-refractivity contribution in [3.63, 3.8) is 0 Å². The van der Waals surface area contributed by atoms with E-state index in [0.717, 1.165) is 42.3 Å². The molecule has 1 saturated heterocycles. The van der Waals surface area contributed by atoms with Gasteiger partial charge in [-0.1, -0.05) is 47.6 Å². The second kappa shape index (κ2) is 7.33. The molecule has 2 heterocycles. The van der Waals surface area contributed by atoms with E-state index in [4.69, 9.17) is 9.26 Å². The molecule has 1 N–H and O–H groups in total. The molecule has 2 aliphatic rings. The van der Waals surface area contributed by atoms with Gasteiger partial charge in [0.05, 0.1) is 0 Å². The summed E-state index contributed by atoms with van der Waals surface area (Å²) in [6.45, 7) is 2.72. The first-order valence-electron chi connectivity index (χ1n) is 9.14. The topological polar surface area (TPSA) is 60.2 Å². The Hall–Kier alpha value is -2.37. The third-order valence-corrected chi connectivity index (χ3v) is 5.57. The molecule has 1 saturated carbocycles. The van der Waals surface area contributed by atoms with Crippen LogP contribution in [0, 0.1) is 5.41 Å². The lowest BCUT2D eigenvalue weighted by atomic mass is 10.0. The van der Waals surface area contributed by atoms with E-state index in [9.17, 15) is 0 Å². The lowest BCUT2D eigenvalue weighted by Gasteiger charge is -2.06. The average molecular weight is 384 g/mol. The van der Waals surface area contributed by atoms with E-state index in [0.29, 0.717) is 23.8 Å². The van der Waals surface area contributed by atoms with Crippen LogP contribution in [-0.2, 0) is 6.61 Å². The zero-order chi connectivity index (χ0) is 17.4. The van der Waals surface area contributed by atoms with Gasteiger partial charge >= 0.3 is 0 Å². The summed E-state index contributed by atoms with van der Waals surface area (Å²) < 4.78 is 11.3. The van der Waals surface area contributed by atoms with Crippen LogP contribution in [0.5, 0.6) is 5.75 Å². The van der Waals surface area contributed by atoms with Crippen LogP contribution in [0.3, 0.4) is 0 Å².